The van der Waals surface area contributed by atoms with Gasteiger partial charge in [0, 0.05) is 0 Å². The monoisotopic (exact) mass is 218 g/mol. The molecule has 5 N–H and O–H groups in total. The summed E-state index contributed by atoms with van der Waals surface area (Å²) in [7, 11) is 0. The van der Waals surface area contributed by atoms with Gasteiger partial charge in [-0.2, -0.15) is 0 Å². The summed E-state index contributed by atoms with van der Waals surface area (Å²) in [6.07, 6.45) is -0.456. The summed E-state index contributed by atoms with van der Waals surface area (Å²) in [6.45, 7) is 1.13. The maximum absolute atomic E-state index is 11.2. The summed E-state index contributed by atoms with van der Waals surface area (Å²) in [5, 5.41) is 19.2. The first-order valence-corrected chi connectivity index (χ1v) is 4.31. The smallest absolute Gasteiger partial charge is 0.320 e. The Hall–Kier alpha value is -1.47. The van der Waals surface area contributed by atoms with Gasteiger partial charge in [0.1, 0.15) is 6.04 Å². The standard InChI is InChI=1S/C8H14N2O5/c1-4(8(14)15)10-3-6(11)5(9)2-7(12)13/h4-5,10H,2-3,9H2,1H3,(H,12,13)(H,14,15)/t4-,5-/m0/s1. The number of Topliss-reactive ketones (excluding diaryl/α,β-unsaturated/α-hetero) is 1. The molecule has 0 amide bonds. The first kappa shape index (κ1) is 13.5. The number of hydrogen-bond acceptors (Lipinski definition) is 5. The molecule has 0 unspecified atom stereocenters. The summed E-state index contributed by atoms with van der Waals surface area (Å²) >= 11 is 0. The Morgan fingerprint density at radius 1 is 1.33 bits per heavy atom. The number of carbonyl (C=O) groups is 3. The first-order chi connectivity index (χ1) is 6.84. The van der Waals surface area contributed by atoms with Crippen LogP contribution in [0.15, 0.2) is 0 Å². The molecule has 7 nitrogen and oxygen atoms in total. The summed E-state index contributed by atoms with van der Waals surface area (Å²) in [5.74, 6) is -2.78. The van der Waals surface area contributed by atoms with Crippen molar-refractivity contribution in [2.24, 2.45) is 5.73 Å². The third kappa shape index (κ3) is 5.76. The van der Waals surface area contributed by atoms with Gasteiger partial charge in [-0.05, 0) is 6.92 Å². The Bertz CT molecular complexity index is 266. The zero-order valence-corrected chi connectivity index (χ0v) is 8.27. The highest BCUT2D eigenvalue weighted by molar-refractivity contribution is 5.89. The fourth-order valence-corrected chi connectivity index (χ4v) is 0.774. The van der Waals surface area contributed by atoms with Crippen LogP contribution >= 0.6 is 0 Å². The fourth-order valence-electron chi connectivity index (χ4n) is 0.774. The van der Waals surface area contributed by atoms with E-state index in [4.69, 9.17) is 15.9 Å². The van der Waals surface area contributed by atoms with E-state index in [0.717, 1.165) is 0 Å². The van der Waals surface area contributed by atoms with Gasteiger partial charge in [-0.25, -0.2) is 0 Å². The highest BCUT2D eigenvalue weighted by Crippen LogP contribution is 1.90. The van der Waals surface area contributed by atoms with Gasteiger partial charge >= 0.3 is 11.9 Å². The Morgan fingerprint density at radius 3 is 2.27 bits per heavy atom. The lowest BCUT2D eigenvalue weighted by atomic mass is 10.1. The van der Waals surface area contributed by atoms with Crippen LogP contribution in [0.25, 0.3) is 0 Å². The second kappa shape index (κ2) is 6.10. The van der Waals surface area contributed by atoms with Crippen molar-refractivity contribution in [2.45, 2.75) is 25.4 Å². The molecule has 0 fully saturated rings. The number of hydrogen-bond donors (Lipinski definition) is 4. The molecule has 2 atom stereocenters. The molecule has 15 heavy (non-hydrogen) atoms. The lowest BCUT2D eigenvalue weighted by molar-refractivity contribution is -0.140. The summed E-state index contributed by atoms with van der Waals surface area (Å²) < 4.78 is 0. The lowest BCUT2D eigenvalue weighted by Gasteiger charge is -2.11. The average Bonchev–Trinajstić information content (AvgIpc) is 2.12. The molecule has 0 aliphatic rings. The minimum atomic E-state index is -1.16. The van der Waals surface area contributed by atoms with E-state index in [0.29, 0.717) is 0 Å². The molecule has 0 saturated heterocycles. The molecule has 7 heteroatoms. The van der Waals surface area contributed by atoms with Crippen LogP contribution in [0.1, 0.15) is 13.3 Å². The normalized spacial score (nSPS) is 14.3. The maximum atomic E-state index is 11.2. The number of aliphatic carboxylic acids is 2. The van der Waals surface area contributed by atoms with Gasteiger partial charge in [0.05, 0.1) is 19.0 Å². The van der Waals surface area contributed by atoms with E-state index in [1.807, 2.05) is 0 Å². The Kier molecular flexibility index (Phi) is 5.50. The fraction of sp³-hybridized carbons (Fsp3) is 0.625. The van der Waals surface area contributed by atoms with Crippen molar-refractivity contribution in [3.8, 4) is 0 Å². The third-order valence-corrected chi connectivity index (χ3v) is 1.76. The lowest BCUT2D eigenvalue weighted by Crippen LogP contribution is -2.43. The SMILES string of the molecule is C[C@H](NCC(=O)[C@@H](N)CC(=O)O)C(=O)O. The van der Waals surface area contributed by atoms with Crippen molar-refractivity contribution in [2.75, 3.05) is 6.54 Å². The van der Waals surface area contributed by atoms with Crippen LogP contribution in [0.4, 0.5) is 0 Å². The number of carbonyl (C=O) groups excluding carboxylic acids is 1. The molecule has 0 saturated carbocycles. The van der Waals surface area contributed by atoms with Gasteiger partial charge in [-0.1, -0.05) is 0 Å². The van der Waals surface area contributed by atoms with Crippen molar-refractivity contribution in [3.05, 3.63) is 0 Å². The Labute approximate surface area is 86.3 Å². The molecule has 0 spiro atoms. The molecular formula is C8H14N2O5. The molecule has 0 aromatic heterocycles. The second-order valence-electron chi connectivity index (χ2n) is 3.11. The van der Waals surface area contributed by atoms with Crippen LogP contribution in [0.5, 0.6) is 0 Å². The quantitative estimate of drug-likeness (QED) is 0.405. The summed E-state index contributed by atoms with van der Waals surface area (Å²) in [4.78, 5) is 31.7. The van der Waals surface area contributed by atoms with E-state index in [1.54, 1.807) is 0 Å². The topological polar surface area (TPSA) is 130 Å². The van der Waals surface area contributed by atoms with Crippen LogP contribution < -0.4 is 11.1 Å². The number of carboxylic acid groups (broad SMARTS) is 2. The van der Waals surface area contributed by atoms with Gasteiger partial charge in [-0.15, -0.1) is 0 Å². The van der Waals surface area contributed by atoms with E-state index in [-0.39, 0.29) is 6.54 Å². The third-order valence-electron chi connectivity index (χ3n) is 1.76. The van der Waals surface area contributed by atoms with Gasteiger partial charge < -0.3 is 15.9 Å². The van der Waals surface area contributed by atoms with E-state index < -0.39 is 36.2 Å². The average molecular weight is 218 g/mol. The van der Waals surface area contributed by atoms with Crippen LogP contribution in [-0.4, -0.2) is 46.6 Å². The highest BCUT2D eigenvalue weighted by Gasteiger charge is 2.18. The van der Waals surface area contributed by atoms with E-state index in [9.17, 15) is 14.4 Å². The number of nitrogens with one attached hydrogen (secondary N) is 1. The minimum absolute atomic E-state index is 0.248. The van der Waals surface area contributed by atoms with E-state index in [1.165, 1.54) is 6.92 Å². The number of carboxylic acids is 2. The van der Waals surface area contributed by atoms with Crippen molar-refractivity contribution in [1.82, 2.24) is 5.32 Å². The predicted octanol–water partition coefficient (Wildman–Crippen LogP) is -1.58. The molecule has 0 aromatic carbocycles. The highest BCUT2D eigenvalue weighted by atomic mass is 16.4. The molecule has 0 heterocycles. The maximum Gasteiger partial charge on any atom is 0.320 e. The van der Waals surface area contributed by atoms with Crippen molar-refractivity contribution >= 4 is 17.7 Å². The second-order valence-corrected chi connectivity index (χ2v) is 3.11. The van der Waals surface area contributed by atoms with E-state index >= 15 is 0 Å². The van der Waals surface area contributed by atoms with Crippen LogP contribution in [0.3, 0.4) is 0 Å². The minimum Gasteiger partial charge on any atom is -0.481 e. The first-order valence-electron chi connectivity index (χ1n) is 4.31. The molecule has 0 aliphatic heterocycles. The molecule has 0 aromatic rings. The number of rotatable bonds is 7. The van der Waals surface area contributed by atoms with Crippen molar-refractivity contribution in [1.29, 1.82) is 0 Å². The predicted molar refractivity (Wildman–Crippen MR) is 50.3 cm³/mol. The number of nitrogens with two attached hydrogens (primary N) is 1. The zero-order valence-electron chi connectivity index (χ0n) is 8.27. The van der Waals surface area contributed by atoms with Gasteiger partial charge in [0.2, 0.25) is 0 Å². The van der Waals surface area contributed by atoms with Crippen molar-refractivity contribution in [3.63, 3.8) is 0 Å². The van der Waals surface area contributed by atoms with Gasteiger partial charge in [-0.3, -0.25) is 19.7 Å². The molecule has 0 bridgehead atoms. The number of ketones is 1. The molecular weight excluding hydrogens is 204 g/mol. The molecule has 86 valence electrons. The van der Waals surface area contributed by atoms with Crippen molar-refractivity contribution < 1.29 is 24.6 Å². The summed E-state index contributed by atoms with van der Waals surface area (Å²) in [5.41, 5.74) is 5.26. The van der Waals surface area contributed by atoms with Crippen LogP contribution in [0.2, 0.25) is 0 Å². The van der Waals surface area contributed by atoms with Crippen LogP contribution in [-0.2, 0) is 14.4 Å². The summed E-state index contributed by atoms with van der Waals surface area (Å²) in [6, 6.07) is -1.97. The Balaban J connectivity index is 3.93. The van der Waals surface area contributed by atoms with Crippen LogP contribution in [0, 0.1) is 0 Å². The molecule has 0 radical (unpaired) electrons. The molecule has 0 rings (SSSR count). The van der Waals surface area contributed by atoms with Gasteiger partial charge in [0.25, 0.3) is 0 Å². The van der Waals surface area contributed by atoms with E-state index in [2.05, 4.69) is 5.32 Å². The van der Waals surface area contributed by atoms with Gasteiger partial charge in [0.15, 0.2) is 5.78 Å². The largest absolute Gasteiger partial charge is 0.481 e. The zero-order chi connectivity index (χ0) is 12.0. The Morgan fingerprint density at radius 2 is 1.87 bits per heavy atom. The molecule has 0 aliphatic carbocycles.